The van der Waals surface area contributed by atoms with E-state index in [1.54, 1.807) is 18.2 Å². The Kier molecular flexibility index (Phi) is 5.19. The molecule has 1 aromatic carbocycles. The quantitative estimate of drug-likeness (QED) is 0.899. The first-order valence-electron chi connectivity index (χ1n) is 7.73. The maximum Gasteiger partial charge on any atom is 0.254 e. The molecule has 1 saturated heterocycles. The smallest absolute Gasteiger partial charge is 0.254 e. The van der Waals surface area contributed by atoms with Crippen molar-refractivity contribution in [3.63, 3.8) is 0 Å². The van der Waals surface area contributed by atoms with Crippen LogP contribution < -0.4 is 5.32 Å². The van der Waals surface area contributed by atoms with E-state index in [4.69, 9.17) is 0 Å². The summed E-state index contributed by atoms with van der Waals surface area (Å²) in [6.07, 6.45) is 1.66. The van der Waals surface area contributed by atoms with Crippen molar-refractivity contribution in [2.24, 2.45) is 5.92 Å². The molecule has 0 unspecified atom stereocenters. The second-order valence-electron chi connectivity index (χ2n) is 6.08. The molecule has 5 nitrogen and oxygen atoms in total. The number of hydrogen-bond acceptors (Lipinski definition) is 3. The van der Waals surface area contributed by atoms with Crippen LogP contribution >= 0.6 is 0 Å². The van der Waals surface area contributed by atoms with Crippen molar-refractivity contribution in [3.8, 4) is 0 Å². The topological polar surface area (TPSA) is 69.6 Å². The highest BCUT2D eigenvalue weighted by atomic mass is 16.3. The summed E-state index contributed by atoms with van der Waals surface area (Å²) in [6, 6.07) is 5.50. The molecule has 0 spiro atoms. The number of benzene rings is 1. The zero-order valence-corrected chi connectivity index (χ0v) is 13.4. The number of amides is 2. The molecule has 1 fully saturated rings. The van der Waals surface area contributed by atoms with E-state index in [9.17, 15) is 14.7 Å². The molecular weight excluding hydrogens is 280 g/mol. The molecule has 1 heterocycles. The van der Waals surface area contributed by atoms with E-state index in [0.717, 1.165) is 18.4 Å². The lowest BCUT2D eigenvalue weighted by Crippen LogP contribution is -2.45. The molecule has 22 heavy (non-hydrogen) atoms. The van der Waals surface area contributed by atoms with Crippen molar-refractivity contribution in [1.29, 1.82) is 0 Å². The highest BCUT2D eigenvalue weighted by Crippen LogP contribution is 2.26. The Bertz CT molecular complexity index is 571. The second kappa shape index (κ2) is 6.92. The molecule has 2 atom stereocenters. The van der Waals surface area contributed by atoms with E-state index in [2.05, 4.69) is 5.32 Å². The summed E-state index contributed by atoms with van der Waals surface area (Å²) >= 11 is 0. The molecule has 120 valence electrons. The highest BCUT2D eigenvalue weighted by Gasteiger charge is 2.29. The lowest BCUT2D eigenvalue weighted by molar-refractivity contribution is -0.114. The van der Waals surface area contributed by atoms with Gasteiger partial charge in [-0.15, -0.1) is 0 Å². The third kappa shape index (κ3) is 3.47. The van der Waals surface area contributed by atoms with Crippen molar-refractivity contribution >= 4 is 17.5 Å². The average molecular weight is 304 g/mol. The Balaban J connectivity index is 2.21. The van der Waals surface area contributed by atoms with Crippen LogP contribution in [0.15, 0.2) is 18.2 Å². The number of hydrogen-bond donors (Lipinski definition) is 2. The van der Waals surface area contributed by atoms with Crippen molar-refractivity contribution in [3.05, 3.63) is 29.3 Å². The first kappa shape index (κ1) is 16.5. The number of aliphatic hydroxyl groups excluding tert-OH is 1. The first-order chi connectivity index (χ1) is 10.4. The van der Waals surface area contributed by atoms with Crippen LogP contribution in [0.5, 0.6) is 0 Å². The minimum absolute atomic E-state index is 0.00593. The van der Waals surface area contributed by atoms with Crippen LogP contribution in [-0.4, -0.2) is 41.0 Å². The van der Waals surface area contributed by atoms with Crippen molar-refractivity contribution in [1.82, 2.24) is 4.90 Å². The van der Waals surface area contributed by atoms with Gasteiger partial charge in [-0.05, 0) is 50.3 Å². The van der Waals surface area contributed by atoms with Crippen LogP contribution in [0.3, 0.4) is 0 Å². The Morgan fingerprint density at radius 3 is 2.73 bits per heavy atom. The van der Waals surface area contributed by atoms with Gasteiger partial charge in [0, 0.05) is 37.4 Å². The number of nitrogens with one attached hydrogen (secondary N) is 1. The third-order valence-electron chi connectivity index (χ3n) is 4.38. The number of piperidine rings is 1. The number of carbonyl (C=O) groups is 2. The SMILES string of the molecule is CC(=O)Nc1cccc(C(=O)N2CC[C@H](CO)C[C@@H]2C)c1C. The number of carbonyl (C=O) groups excluding carboxylic acids is 2. The number of anilines is 1. The number of rotatable bonds is 3. The van der Waals surface area contributed by atoms with Gasteiger partial charge >= 0.3 is 0 Å². The molecule has 0 saturated carbocycles. The molecule has 1 aromatic rings. The van der Waals surface area contributed by atoms with Crippen LogP contribution in [0.4, 0.5) is 5.69 Å². The molecule has 0 radical (unpaired) electrons. The van der Waals surface area contributed by atoms with Gasteiger partial charge in [0.2, 0.25) is 5.91 Å². The molecule has 0 aliphatic carbocycles. The number of likely N-dealkylation sites (tertiary alicyclic amines) is 1. The van der Waals surface area contributed by atoms with E-state index in [1.165, 1.54) is 6.92 Å². The molecule has 5 heteroatoms. The minimum Gasteiger partial charge on any atom is -0.396 e. The van der Waals surface area contributed by atoms with E-state index < -0.39 is 0 Å². The minimum atomic E-state index is -0.148. The molecule has 2 amide bonds. The molecule has 2 N–H and O–H groups in total. The van der Waals surface area contributed by atoms with Gasteiger partial charge in [-0.25, -0.2) is 0 Å². The lowest BCUT2D eigenvalue weighted by Gasteiger charge is -2.37. The van der Waals surface area contributed by atoms with Crippen molar-refractivity contribution < 1.29 is 14.7 Å². The van der Waals surface area contributed by atoms with Gasteiger partial charge < -0.3 is 15.3 Å². The maximum atomic E-state index is 12.8. The molecule has 1 aliphatic rings. The van der Waals surface area contributed by atoms with E-state index >= 15 is 0 Å². The van der Waals surface area contributed by atoms with Gasteiger partial charge in [0.1, 0.15) is 0 Å². The summed E-state index contributed by atoms with van der Waals surface area (Å²) < 4.78 is 0. The molecule has 0 aromatic heterocycles. The summed E-state index contributed by atoms with van der Waals surface area (Å²) in [4.78, 5) is 25.9. The summed E-state index contributed by atoms with van der Waals surface area (Å²) in [5, 5.41) is 12.0. The molecular formula is C17H24N2O3. The predicted molar refractivity (Wildman–Crippen MR) is 85.8 cm³/mol. The highest BCUT2D eigenvalue weighted by molar-refractivity contribution is 5.99. The largest absolute Gasteiger partial charge is 0.396 e. The van der Waals surface area contributed by atoms with Crippen LogP contribution in [0.1, 0.15) is 42.6 Å². The standard InChI is InChI=1S/C17H24N2O3/c1-11-9-14(10-20)7-8-19(11)17(22)15-5-4-6-16(12(15)2)18-13(3)21/h4-6,11,14,20H,7-10H2,1-3H3,(H,18,21)/t11-,14-/m0/s1. The van der Waals surface area contributed by atoms with E-state index in [1.807, 2.05) is 18.7 Å². The van der Waals surface area contributed by atoms with Gasteiger partial charge in [0.05, 0.1) is 0 Å². The lowest BCUT2D eigenvalue weighted by atomic mass is 9.91. The Labute approximate surface area is 131 Å². The van der Waals surface area contributed by atoms with E-state index in [-0.39, 0.29) is 30.4 Å². The summed E-state index contributed by atoms with van der Waals surface area (Å²) in [7, 11) is 0. The molecule has 0 bridgehead atoms. The summed E-state index contributed by atoms with van der Waals surface area (Å²) in [6.45, 7) is 6.17. The van der Waals surface area contributed by atoms with Crippen LogP contribution in [0.2, 0.25) is 0 Å². The van der Waals surface area contributed by atoms with Gasteiger partial charge in [-0.2, -0.15) is 0 Å². The Morgan fingerprint density at radius 1 is 1.41 bits per heavy atom. The monoisotopic (exact) mass is 304 g/mol. The fourth-order valence-corrected chi connectivity index (χ4v) is 3.08. The van der Waals surface area contributed by atoms with E-state index in [0.29, 0.717) is 17.8 Å². The van der Waals surface area contributed by atoms with Gasteiger partial charge in [-0.1, -0.05) is 6.07 Å². The molecule has 2 rings (SSSR count). The normalized spacial score (nSPS) is 21.5. The van der Waals surface area contributed by atoms with Crippen LogP contribution in [0.25, 0.3) is 0 Å². The van der Waals surface area contributed by atoms with Gasteiger partial charge in [0.25, 0.3) is 5.91 Å². The maximum absolute atomic E-state index is 12.8. The van der Waals surface area contributed by atoms with Crippen molar-refractivity contribution in [2.45, 2.75) is 39.7 Å². The van der Waals surface area contributed by atoms with Gasteiger partial charge in [-0.3, -0.25) is 9.59 Å². The van der Waals surface area contributed by atoms with Crippen LogP contribution in [-0.2, 0) is 4.79 Å². The fourth-order valence-electron chi connectivity index (χ4n) is 3.08. The number of nitrogens with zero attached hydrogens (tertiary/aromatic N) is 1. The van der Waals surface area contributed by atoms with Crippen molar-refractivity contribution in [2.75, 3.05) is 18.5 Å². The van der Waals surface area contributed by atoms with Crippen LogP contribution in [0, 0.1) is 12.8 Å². The number of aliphatic hydroxyl groups is 1. The Morgan fingerprint density at radius 2 is 2.14 bits per heavy atom. The molecule has 1 aliphatic heterocycles. The third-order valence-corrected chi connectivity index (χ3v) is 4.38. The van der Waals surface area contributed by atoms with Gasteiger partial charge in [0.15, 0.2) is 0 Å². The Hall–Kier alpha value is -1.88. The average Bonchev–Trinajstić information content (AvgIpc) is 2.48. The first-order valence-corrected chi connectivity index (χ1v) is 7.73. The zero-order valence-electron chi connectivity index (χ0n) is 13.4. The predicted octanol–water partition coefficient (Wildman–Crippen LogP) is 2.19. The summed E-state index contributed by atoms with van der Waals surface area (Å²) in [5.74, 6) is 0.129. The fraction of sp³-hybridized carbons (Fsp3) is 0.529. The second-order valence-corrected chi connectivity index (χ2v) is 6.08. The zero-order chi connectivity index (χ0) is 16.3. The summed E-state index contributed by atoms with van der Waals surface area (Å²) in [5.41, 5.74) is 2.09.